The molecular weight excluding hydrogens is 324 g/mol. The molecule has 0 bridgehead atoms. The Kier molecular flexibility index (Phi) is 5.12. The van der Waals surface area contributed by atoms with Gasteiger partial charge >= 0.3 is 0 Å². The van der Waals surface area contributed by atoms with Crippen LogP contribution in [0.4, 0.5) is 5.69 Å². The second-order valence-corrected chi connectivity index (χ2v) is 6.37. The van der Waals surface area contributed by atoms with Crippen LogP contribution >= 0.6 is 15.9 Å². The van der Waals surface area contributed by atoms with Gasteiger partial charge in [0.1, 0.15) is 0 Å². The molecule has 0 aromatic heterocycles. The fourth-order valence-corrected chi connectivity index (χ4v) is 3.19. The smallest absolute Gasteiger partial charge is 0.283 e. The summed E-state index contributed by atoms with van der Waals surface area (Å²) < 4.78 is 0.494. The second kappa shape index (κ2) is 6.65. The van der Waals surface area contributed by atoms with Crippen LogP contribution in [-0.4, -0.2) is 23.2 Å². The first-order valence-corrected chi connectivity index (χ1v) is 7.60. The number of nitro groups is 1. The van der Waals surface area contributed by atoms with E-state index in [1.54, 1.807) is 12.1 Å². The van der Waals surface area contributed by atoms with Gasteiger partial charge in [0.05, 0.1) is 9.40 Å². The van der Waals surface area contributed by atoms with Gasteiger partial charge in [0.2, 0.25) is 0 Å². The van der Waals surface area contributed by atoms with Crippen LogP contribution in [0.5, 0.6) is 0 Å². The molecule has 0 saturated heterocycles. The van der Waals surface area contributed by atoms with Crippen molar-refractivity contribution in [3.8, 4) is 0 Å². The molecule has 6 heteroatoms. The molecular formula is C14H19BrN2O3. The lowest BCUT2D eigenvalue weighted by Crippen LogP contribution is -2.34. The molecule has 110 valence electrons. The van der Waals surface area contributed by atoms with Gasteiger partial charge in [0.15, 0.2) is 0 Å². The molecule has 0 amide bonds. The van der Waals surface area contributed by atoms with Crippen molar-refractivity contribution in [3.05, 3.63) is 38.3 Å². The topological polar surface area (TPSA) is 75.4 Å². The van der Waals surface area contributed by atoms with Gasteiger partial charge in [-0.15, -0.1) is 0 Å². The van der Waals surface area contributed by atoms with E-state index in [9.17, 15) is 15.2 Å². The predicted molar refractivity (Wildman–Crippen MR) is 80.5 cm³/mol. The van der Waals surface area contributed by atoms with Gasteiger partial charge in [0.25, 0.3) is 5.69 Å². The van der Waals surface area contributed by atoms with Crippen molar-refractivity contribution in [1.82, 2.24) is 5.32 Å². The van der Waals surface area contributed by atoms with Crippen molar-refractivity contribution >= 4 is 21.6 Å². The van der Waals surface area contributed by atoms with Crippen molar-refractivity contribution < 1.29 is 10.0 Å². The predicted octanol–water partition coefficient (Wildman–Crippen LogP) is 3.00. The number of nitro benzene ring substituents is 1. The third kappa shape index (κ3) is 3.56. The molecule has 1 fully saturated rings. The number of aliphatic hydroxyl groups is 1. The first-order chi connectivity index (χ1) is 9.56. The van der Waals surface area contributed by atoms with Crippen LogP contribution in [0.3, 0.4) is 0 Å². The van der Waals surface area contributed by atoms with E-state index in [-0.39, 0.29) is 22.6 Å². The lowest BCUT2D eigenvalue weighted by Gasteiger charge is -2.26. The fourth-order valence-electron chi connectivity index (χ4n) is 2.80. The first kappa shape index (κ1) is 15.4. The summed E-state index contributed by atoms with van der Waals surface area (Å²) in [5.41, 5.74) is 0.967. The number of aliphatic hydroxyl groups excluding tert-OH is 1. The van der Waals surface area contributed by atoms with Crippen molar-refractivity contribution in [1.29, 1.82) is 0 Å². The normalized spacial score (nSPS) is 17.3. The molecule has 0 spiro atoms. The standard InChI is InChI=1S/C14H19BrN2O3/c15-12-4-3-11(7-13(12)17(19)20)8-16-9-14(10-18)5-1-2-6-14/h3-4,7,16,18H,1-2,5-6,8-10H2. The van der Waals surface area contributed by atoms with Crippen LogP contribution in [-0.2, 0) is 6.54 Å². The largest absolute Gasteiger partial charge is 0.396 e. The van der Waals surface area contributed by atoms with Crippen LogP contribution in [0.25, 0.3) is 0 Å². The van der Waals surface area contributed by atoms with Crippen molar-refractivity contribution in [2.45, 2.75) is 32.2 Å². The first-order valence-electron chi connectivity index (χ1n) is 6.81. The van der Waals surface area contributed by atoms with E-state index in [0.717, 1.165) is 24.9 Å². The minimum Gasteiger partial charge on any atom is -0.396 e. The van der Waals surface area contributed by atoms with Crippen LogP contribution in [0.15, 0.2) is 22.7 Å². The molecule has 0 radical (unpaired) electrons. The minimum absolute atomic E-state index is 0.00129. The number of rotatable bonds is 6. The van der Waals surface area contributed by atoms with Gasteiger partial charge in [-0.1, -0.05) is 18.9 Å². The average molecular weight is 343 g/mol. The van der Waals surface area contributed by atoms with Gasteiger partial charge in [0, 0.05) is 31.2 Å². The molecule has 0 aliphatic heterocycles. The van der Waals surface area contributed by atoms with Gasteiger partial charge in [-0.2, -0.15) is 0 Å². The molecule has 0 unspecified atom stereocenters. The van der Waals surface area contributed by atoms with E-state index < -0.39 is 0 Å². The van der Waals surface area contributed by atoms with Crippen LogP contribution in [0.1, 0.15) is 31.2 Å². The minimum atomic E-state index is -0.389. The Hall–Kier alpha value is -0.980. The fraction of sp³-hybridized carbons (Fsp3) is 0.571. The summed E-state index contributed by atoms with van der Waals surface area (Å²) in [5, 5.41) is 23.7. The van der Waals surface area contributed by atoms with Crippen molar-refractivity contribution in [2.75, 3.05) is 13.2 Å². The number of benzene rings is 1. The Morgan fingerprint density at radius 3 is 2.70 bits per heavy atom. The Bertz CT molecular complexity index is 487. The van der Waals surface area contributed by atoms with E-state index >= 15 is 0 Å². The molecule has 1 aliphatic carbocycles. The summed E-state index contributed by atoms with van der Waals surface area (Å²) in [4.78, 5) is 10.5. The SMILES string of the molecule is O=[N+]([O-])c1cc(CNCC2(CO)CCCC2)ccc1Br. The van der Waals surface area contributed by atoms with E-state index in [0.29, 0.717) is 11.0 Å². The van der Waals surface area contributed by atoms with Crippen molar-refractivity contribution in [3.63, 3.8) is 0 Å². The Balaban J connectivity index is 1.94. The summed E-state index contributed by atoms with van der Waals surface area (Å²) in [6.07, 6.45) is 4.45. The molecule has 1 aromatic carbocycles. The zero-order valence-electron chi connectivity index (χ0n) is 11.3. The number of halogens is 1. The maximum absolute atomic E-state index is 10.9. The summed E-state index contributed by atoms with van der Waals surface area (Å²) in [5.74, 6) is 0. The highest BCUT2D eigenvalue weighted by molar-refractivity contribution is 9.10. The highest BCUT2D eigenvalue weighted by Crippen LogP contribution is 2.37. The number of hydrogen-bond acceptors (Lipinski definition) is 4. The van der Waals surface area contributed by atoms with Gasteiger partial charge in [-0.3, -0.25) is 10.1 Å². The van der Waals surface area contributed by atoms with Gasteiger partial charge in [-0.05, 0) is 40.4 Å². The number of nitrogens with zero attached hydrogens (tertiary/aromatic N) is 1. The molecule has 20 heavy (non-hydrogen) atoms. The lowest BCUT2D eigenvalue weighted by atomic mass is 9.87. The summed E-state index contributed by atoms with van der Waals surface area (Å²) >= 11 is 3.18. The number of nitrogens with one attached hydrogen (secondary N) is 1. The Labute approximate surface area is 126 Å². The quantitative estimate of drug-likeness (QED) is 0.615. The zero-order valence-corrected chi connectivity index (χ0v) is 12.9. The van der Waals surface area contributed by atoms with Crippen LogP contribution < -0.4 is 5.32 Å². The highest BCUT2D eigenvalue weighted by atomic mass is 79.9. The van der Waals surface area contributed by atoms with E-state index in [4.69, 9.17) is 0 Å². The lowest BCUT2D eigenvalue weighted by molar-refractivity contribution is -0.385. The van der Waals surface area contributed by atoms with Gasteiger partial charge in [-0.25, -0.2) is 0 Å². The average Bonchev–Trinajstić information content (AvgIpc) is 2.90. The van der Waals surface area contributed by atoms with E-state index in [1.807, 2.05) is 6.07 Å². The molecule has 5 nitrogen and oxygen atoms in total. The molecule has 0 atom stereocenters. The summed E-state index contributed by atoms with van der Waals surface area (Å²) in [7, 11) is 0. The summed E-state index contributed by atoms with van der Waals surface area (Å²) in [6, 6.07) is 5.15. The second-order valence-electron chi connectivity index (χ2n) is 5.51. The molecule has 1 aliphatic rings. The third-order valence-electron chi connectivity index (χ3n) is 4.04. The Morgan fingerprint density at radius 1 is 1.40 bits per heavy atom. The number of hydrogen-bond donors (Lipinski definition) is 2. The summed E-state index contributed by atoms with van der Waals surface area (Å²) in [6.45, 7) is 1.55. The van der Waals surface area contributed by atoms with Crippen molar-refractivity contribution in [2.24, 2.45) is 5.41 Å². The van der Waals surface area contributed by atoms with E-state index in [2.05, 4.69) is 21.2 Å². The van der Waals surface area contributed by atoms with Gasteiger partial charge < -0.3 is 10.4 Å². The molecule has 2 rings (SSSR count). The Morgan fingerprint density at radius 2 is 2.10 bits per heavy atom. The molecule has 2 N–H and O–H groups in total. The monoisotopic (exact) mass is 342 g/mol. The maximum atomic E-state index is 10.9. The van der Waals surface area contributed by atoms with E-state index in [1.165, 1.54) is 12.8 Å². The molecule has 1 saturated carbocycles. The molecule has 1 aromatic rings. The zero-order chi connectivity index (χ0) is 14.6. The van der Waals surface area contributed by atoms with Crippen LogP contribution in [0.2, 0.25) is 0 Å². The molecule has 0 heterocycles. The highest BCUT2D eigenvalue weighted by Gasteiger charge is 2.32. The van der Waals surface area contributed by atoms with Crippen LogP contribution in [0, 0.1) is 15.5 Å². The maximum Gasteiger partial charge on any atom is 0.283 e. The third-order valence-corrected chi connectivity index (χ3v) is 4.71.